The number of rotatable bonds is 4. The van der Waals surface area contributed by atoms with Gasteiger partial charge >= 0.3 is 0 Å². The average molecular weight is 207 g/mol. The van der Waals surface area contributed by atoms with Crippen LogP contribution < -0.4 is 15.4 Å². The predicted molar refractivity (Wildman–Crippen MR) is 59.2 cm³/mol. The van der Waals surface area contributed by atoms with Crippen LogP contribution in [0.15, 0.2) is 24.8 Å². The number of ether oxygens (including phenoxy) is 1. The van der Waals surface area contributed by atoms with Crippen molar-refractivity contribution in [3.05, 3.63) is 24.8 Å². The van der Waals surface area contributed by atoms with Gasteiger partial charge in [0.2, 0.25) is 11.8 Å². The van der Waals surface area contributed by atoms with Gasteiger partial charge in [0.15, 0.2) is 5.82 Å². The first-order chi connectivity index (χ1) is 7.21. The number of hydrogen-bond donors (Lipinski definition) is 2. The van der Waals surface area contributed by atoms with Crippen molar-refractivity contribution in [1.82, 2.24) is 4.98 Å². The van der Waals surface area contributed by atoms with E-state index in [1.165, 1.54) is 13.2 Å². The number of hydrogen-bond acceptors (Lipinski definition) is 4. The first-order valence-electron chi connectivity index (χ1n) is 4.37. The zero-order valence-corrected chi connectivity index (χ0v) is 8.70. The van der Waals surface area contributed by atoms with Crippen molar-refractivity contribution in [2.45, 2.75) is 0 Å². The Bertz CT molecular complexity index is 377. The van der Waals surface area contributed by atoms with Gasteiger partial charge in [-0.3, -0.25) is 4.79 Å². The van der Waals surface area contributed by atoms with Gasteiger partial charge in [0.05, 0.1) is 12.8 Å². The van der Waals surface area contributed by atoms with E-state index in [9.17, 15) is 4.79 Å². The highest BCUT2D eigenvalue weighted by molar-refractivity contribution is 6.00. The number of amides is 1. The van der Waals surface area contributed by atoms with Gasteiger partial charge in [0, 0.05) is 13.1 Å². The van der Waals surface area contributed by atoms with Crippen molar-refractivity contribution in [3.8, 4) is 5.88 Å². The summed E-state index contributed by atoms with van der Waals surface area (Å²) in [6, 6.07) is 3.47. The van der Waals surface area contributed by atoms with Crippen molar-refractivity contribution in [2.75, 3.05) is 24.8 Å². The molecule has 1 aromatic rings. The van der Waals surface area contributed by atoms with Crippen LogP contribution in [-0.2, 0) is 4.79 Å². The quantitative estimate of drug-likeness (QED) is 0.729. The highest BCUT2D eigenvalue weighted by Gasteiger charge is 2.06. The smallest absolute Gasteiger partial charge is 0.248 e. The van der Waals surface area contributed by atoms with Crippen LogP contribution in [0.25, 0.3) is 0 Å². The molecule has 0 unspecified atom stereocenters. The van der Waals surface area contributed by atoms with E-state index in [0.717, 1.165) is 0 Å². The molecule has 0 aliphatic rings. The van der Waals surface area contributed by atoms with Crippen LogP contribution in [0.1, 0.15) is 0 Å². The molecule has 0 saturated carbocycles. The fraction of sp³-hybridized carbons (Fsp3) is 0.200. The number of methoxy groups -OCH3 is 1. The van der Waals surface area contributed by atoms with Gasteiger partial charge in [-0.15, -0.1) is 0 Å². The Morgan fingerprint density at radius 1 is 1.60 bits per heavy atom. The number of nitrogens with one attached hydrogen (secondary N) is 2. The summed E-state index contributed by atoms with van der Waals surface area (Å²) in [5.74, 6) is 0.544. The maximum absolute atomic E-state index is 11.1. The molecule has 1 amide bonds. The van der Waals surface area contributed by atoms with E-state index in [2.05, 4.69) is 22.2 Å². The minimum absolute atomic E-state index is 0.313. The van der Waals surface area contributed by atoms with Crippen LogP contribution in [0.5, 0.6) is 5.88 Å². The third-order valence-corrected chi connectivity index (χ3v) is 1.78. The van der Waals surface area contributed by atoms with Crippen LogP contribution in [-0.4, -0.2) is 25.0 Å². The average Bonchev–Trinajstić information content (AvgIpc) is 2.28. The zero-order chi connectivity index (χ0) is 11.3. The summed E-state index contributed by atoms with van der Waals surface area (Å²) in [6.07, 6.45) is 1.18. The van der Waals surface area contributed by atoms with Gasteiger partial charge in [0.25, 0.3) is 0 Å². The summed E-state index contributed by atoms with van der Waals surface area (Å²) in [5, 5.41) is 5.48. The van der Waals surface area contributed by atoms with Gasteiger partial charge in [-0.1, -0.05) is 6.58 Å². The van der Waals surface area contributed by atoms with Crippen LogP contribution >= 0.6 is 0 Å². The Hall–Kier alpha value is -2.04. The van der Waals surface area contributed by atoms with Gasteiger partial charge in [0.1, 0.15) is 0 Å². The van der Waals surface area contributed by atoms with E-state index in [0.29, 0.717) is 17.4 Å². The molecule has 0 spiro atoms. The summed E-state index contributed by atoms with van der Waals surface area (Å²) in [6.45, 7) is 3.36. The van der Waals surface area contributed by atoms with E-state index in [1.807, 2.05) is 0 Å². The molecule has 15 heavy (non-hydrogen) atoms. The fourth-order valence-corrected chi connectivity index (χ4v) is 1.02. The van der Waals surface area contributed by atoms with E-state index >= 15 is 0 Å². The van der Waals surface area contributed by atoms with Gasteiger partial charge in [-0.05, 0) is 12.1 Å². The Morgan fingerprint density at radius 2 is 2.33 bits per heavy atom. The Labute approximate surface area is 88.2 Å². The monoisotopic (exact) mass is 207 g/mol. The number of aromatic nitrogens is 1. The fourth-order valence-electron chi connectivity index (χ4n) is 1.02. The van der Waals surface area contributed by atoms with Crippen LogP contribution in [0.3, 0.4) is 0 Å². The first-order valence-corrected chi connectivity index (χ1v) is 4.37. The van der Waals surface area contributed by atoms with Crippen molar-refractivity contribution >= 4 is 17.4 Å². The molecule has 1 heterocycles. The van der Waals surface area contributed by atoms with Crippen LogP contribution in [0, 0.1) is 0 Å². The molecule has 0 saturated heterocycles. The summed E-state index contributed by atoms with van der Waals surface area (Å²) >= 11 is 0. The lowest BCUT2D eigenvalue weighted by molar-refractivity contribution is -0.111. The second-order valence-electron chi connectivity index (χ2n) is 2.69. The van der Waals surface area contributed by atoms with Crippen LogP contribution in [0.2, 0.25) is 0 Å². The van der Waals surface area contributed by atoms with Crippen molar-refractivity contribution in [2.24, 2.45) is 0 Å². The van der Waals surface area contributed by atoms with E-state index < -0.39 is 0 Å². The summed E-state index contributed by atoms with van der Waals surface area (Å²) < 4.78 is 4.95. The molecular formula is C10H13N3O2. The molecule has 0 atom stereocenters. The molecule has 5 heteroatoms. The molecule has 2 N–H and O–H groups in total. The van der Waals surface area contributed by atoms with E-state index in [-0.39, 0.29) is 5.91 Å². The van der Waals surface area contributed by atoms with Crippen molar-refractivity contribution < 1.29 is 9.53 Å². The molecule has 0 aromatic carbocycles. The van der Waals surface area contributed by atoms with Gasteiger partial charge in [-0.25, -0.2) is 0 Å². The lowest BCUT2D eigenvalue weighted by Gasteiger charge is -2.09. The Balaban J connectivity index is 3.00. The summed E-state index contributed by atoms with van der Waals surface area (Å²) in [4.78, 5) is 15.2. The van der Waals surface area contributed by atoms with Crippen molar-refractivity contribution in [1.29, 1.82) is 0 Å². The normalized spacial score (nSPS) is 9.20. The minimum Gasteiger partial charge on any atom is -0.481 e. The molecular weight excluding hydrogens is 194 g/mol. The Morgan fingerprint density at radius 3 is 2.87 bits per heavy atom. The third-order valence-electron chi connectivity index (χ3n) is 1.78. The molecule has 0 aliphatic carbocycles. The standard InChI is InChI=1S/C10H13N3O2/c1-4-8(14)12-10-7(11-2)5-6-9(13-10)15-3/h4-6,11H,1H2,2-3H3,(H,12,13,14). The number of nitrogens with zero attached hydrogens (tertiary/aromatic N) is 1. The molecule has 0 radical (unpaired) electrons. The second-order valence-corrected chi connectivity index (χ2v) is 2.69. The first kappa shape index (κ1) is 11.0. The number of carbonyl (C=O) groups excluding carboxylic acids is 1. The molecule has 5 nitrogen and oxygen atoms in total. The topological polar surface area (TPSA) is 63.2 Å². The zero-order valence-electron chi connectivity index (χ0n) is 8.70. The maximum Gasteiger partial charge on any atom is 0.248 e. The summed E-state index contributed by atoms with van der Waals surface area (Å²) in [7, 11) is 3.26. The highest BCUT2D eigenvalue weighted by atomic mass is 16.5. The molecule has 0 fully saturated rings. The molecule has 0 aliphatic heterocycles. The summed E-state index contributed by atoms with van der Waals surface area (Å²) in [5.41, 5.74) is 0.714. The third kappa shape index (κ3) is 2.70. The van der Waals surface area contributed by atoms with Crippen molar-refractivity contribution in [3.63, 3.8) is 0 Å². The Kier molecular flexibility index (Phi) is 3.68. The second kappa shape index (κ2) is 4.99. The lowest BCUT2D eigenvalue weighted by atomic mass is 10.3. The highest BCUT2D eigenvalue weighted by Crippen LogP contribution is 2.21. The number of carbonyl (C=O) groups is 1. The molecule has 1 aromatic heterocycles. The predicted octanol–water partition coefficient (Wildman–Crippen LogP) is 1.26. The molecule has 80 valence electrons. The lowest BCUT2D eigenvalue weighted by Crippen LogP contribution is -2.11. The van der Waals surface area contributed by atoms with Gasteiger partial charge < -0.3 is 15.4 Å². The van der Waals surface area contributed by atoms with Gasteiger partial charge in [-0.2, -0.15) is 4.98 Å². The van der Waals surface area contributed by atoms with Crippen LogP contribution in [0.4, 0.5) is 11.5 Å². The molecule has 0 bridgehead atoms. The largest absolute Gasteiger partial charge is 0.481 e. The number of pyridine rings is 1. The minimum atomic E-state index is -0.313. The SMILES string of the molecule is C=CC(=O)Nc1nc(OC)ccc1NC. The maximum atomic E-state index is 11.1. The molecule has 1 rings (SSSR count). The number of anilines is 2. The van der Waals surface area contributed by atoms with E-state index in [1.54, 1.807) is 19.2 Å². The van der Waals surface area contributed by atoms with E-state index in [4.69, 9.17) is 4.74 Å².